The van der Waals surface area contributed by atoms with Crippen LogP contribution in [0.1, 0.15) is 104 Å². The molecule has 0 N–H and O–H groups in total. The van der Waals surface area contributed by atoms with Gasteiger partial charge in [-0.15, -0.1) is 0 Å². The van der Waals surface area contributed by atoms with E-state index in [4.69, 9.17) is 14.2 Å². The largest absolute Gasteiger partial charge is 0.464 e. The van der Waals surface area contributed by atoms with Crippen molar-refractivity contribution in [1.82, 2.24) is 0 Å². The minimum Gasteiger partial charge on any atom is -0.464 e. The molecule has 1 atom stereocenters. The van der Waals surface area contributed by atoms with E-state index in [2.05, 4.69) is 20.8 Å². The molecule has 0 aromatic carbocycles. The quantitative estimate of drug-likeness (QED) is 0.214. The van der Waals surface area contributed by atoms with E-state index >= 15 is 0 Å². The second-order valence-corrected chi connectivity index (χ2v) is 7.23. The summed E-state index contributed by atoms with van der Waals surface area (Å²) < 4.78 is 15.7. The Morgan fingerprint density at radius 3 is 1.89 bits per heavy atom. The van der Waals surface area contributed by atoms with E-state index < -0.39 is 11.9 Å². The number of carbonyl (C=O) groups excluding carboxylic acids is 2. The zero-order valence-corrected chi connectivity index (χ0v) is 17.9. The maximum absolute atomic E-state index is 11.8. The first-order valence-electron chi connectivity index (χ1n) is 11.1. The van der Waals surface area contributed by atoms with Crippen molar-refractivity contribution in [3.63, 3.8) is 0 Å². The van der Waals surface area contributed by atoms with Gasteiger partial charge in [-0.05, 0) is 19.3 Å². The number of ether oxygens (including phenoxy) is 3. The second kappa shape index (κ2) is 19.7. The average Bonchev–Trinajstić information content (AvgIpc) is 2.65. The Morgan fingerprint density at radius 2 is 1.26 bits per heavy atom. The molecule has 0 aliphatic carbocycles. The highest BCUT2D eigenvalue weighted by atomic mass is 16.6. The number of hydrogen-bond donors (Lipinski definition) is 0. The molecular formula is C22H42O5. The van der Waals surface area contributed by atoms with Crippen LogP contribution < -0.4 is 0 Å². The van der Waals surface area contributed by atoms with Gasteiger partial charge in [-0.25, -0.2) is 9.59 Å². The molecule has 0 aliphatic heterocycles. The molecule has 0 fully saturated rings. The van der Waals surface area contributed by atoms with Crippen LogP contribution in [-0.4, -0.2) is 37.9 Å². The normalized spacial score (nSPS) is 12.0. The highest BCUT2D eigenvalue weighted by Crippen LogP contribution is 2.11. The van der Waals surface area contributed by atoms with Crippen LogP contribution in [0, 0.1) is 0 Å². The maximum Gasteiger partial charge on any atom is 0.332 e. The fourth-order valence-electron chi connectivity index (χ4n) is 2.92. The van der Waals surface area contributed by atoms with Crippen LogP contribution in [0.4, 0.5) is 0 Å². The summed E-state index contributed by atoms with van der Waals surface area (Å²) in [5, 5.41) is 0. The van der Waals surface area contributed by atoms with Gasteiger partial charge in [-0.2, -0.15) is 0 Å². The topological polar surface area (TPSA) is 61.8 Å². The molecule has 5 heteroatoms. The molecule has 0 bridgehead atoms. The molecule has 0 radical (unpaired) electrons. The SMILES string of the molecule is CCCCCCCCCCOC(=O)COCC(=O)OC(CCC)CCCC. The Bertz CT molecular complexity index is 357. The number of unbranched alkanes of at least 4 members (excludes halogenated alkanes) is 8. The van der Waals surface area contributed by atoms with E-state index in [1.54, 1.807) is 0 Å². The molecule has 0 spiro atoms. The molecule has 0 aliphatic rings. The first-order valence-corrected chi connectivity index (χ1v) is 11.1. The Morgan fingerprint density at radius 1 is 0.667 bits per heavy atom. The van der Waals surface area contributed by atoms with Crippen LogP contribution in [0.25, 0.3) is 0 Å². The van der Waals surface area contributed by atoms with Crippen molar-refractivity contribution < 1.29 is 23.8 Å². The molecular weight excluding hydrogens is 344 g/mol. The summed E-state index contributed by atoms with van der Waals surface area (Å²) in [7, 11) is 0. The fourth-order valence-corrected chi connectivity index (χ4v) is 2.92. The lowest BCUT2D eigenvalue weighted by atomic mass is 10.1. The van der Waals surface area contributed by atoms with Gasteiger partial charge in [0.25, 0.3) is 0 Å². The molecule has 0 aromatic heterocycles. The van der Waals surface area contributed by atoms with E-state index in [-0.39, 0.29) is 19.3 Å². The third kappa shape index (κ3) is 18.0. The summed E-state index contributed by atoms with van der Waals surface area (Å²) in [6.07, 6.45) is 14.5. The van der Waals surface area contributed by atoms with Crippen LogP contribution in [0.3, 0.4) is 0 Å². The van der Waals surface area contributed by atoms with Gasteiger partial charge in [0.15, 0.2) is 0 Å². The Kier molecular flexibility index (Phi) is 18.9. The lowest BCUT2D eigenvalue weighted by Gasteiger charge is -2.16. The number of rotatable bonds is 19. The first kappa shape index (κ1) is 25.9. The van der Waals surface area contributed by atoms with Gasteiger partial charge in [-0.1, -0.05) is 85.0 Å². The Balaban J connectivity index is 3.59. The van der Waals surface area contributed by atoms with E-state index in [1.165, 1.54) is 38.5 Å². The van der Waals surface area contributed by atoms with Crippen LogP contribution in [0.15, 0.2) is 0 Å². The molecule has 0 saturated heterocycles. The summed E-state index contributed by atoms with van der Waals surface area (Å²) >= 11 is 0. The molecule has 160 valence electrons. The lowest BCUT2D eigenvalue weighted by Crippen LogP contribution is -2.23. The van der Waals surface area contributed by atoms with Crippen LogP contribution in [-0.2, 0) is 23.8 Å². The van der Waals surface area contributed by atoms with Gasteiger partial charge in [0.1, 0.15) is 19.3 Å². The van der Waals surface area contributed by atoms with E-state index in [0.29, 0.717) is 6.61 Å². The summed E-state index contributed by atoms with van der Waals surface area (Å²) in [5.74, 6) is -0.817. The van der Waals surface area contributed by atoms with Crippen LogP contribution >= 0.6 is 0 Å². The van der Waals surface area contributed by atoms with Gasteiger partial charge in [0.05, 0.1) is 6.61 Å². The molecule has 0 amide bonds. The summed E-state index contributed by atoms with van der Waals surface area (Å²) in [6, 6.07) is 0. The second-order valence-electron chi connectivity index (χ2n) is 7.23. The lowest BCUT2D eigenvalue weighted by molar-refractivity contribution is -0.159. The van der Waals surface area contributed by atoms with Crippen molar-refractivity contribution in [3.8, 4) is 0 Å². The number of carbonyl (C=O) groups is 2. The van der Waals surface area contributed by atoms with Gasteiger partial charge in [0, 0.05) is 0 Å². The molecule has 5 nitrogen and oxygen atoms in total. The fraction of sp³-hybridized carbons (Fsp3) is 0.909. The van der Waals surface area contributed by atoms with Gasteiger partial charge < -0.3 is 14.2 Å². The van der Waals surface area contributed by atoms with Crippen LogP contribution in [0.5, 0.6) is 0 Å². The van der Waals surface area contributed by atoms with Crippen molar-refractivity contribution in [1.29, 1.82) is 0 Å². The highest BCUT2D eigenvalue weighted by Gasteiger charge is 2.14. The van der Waals surface area contributed by atoms with Gasteiger partial charge >= 0.3 is 11.9 Å². The number of hydrogen-bond acceptors (Lipinski definition) is 5. The van der Waals surface area contributed by atoms with Gasteiger partial charge in [-0.3, -0.25) is 0 Å². The monoisotopic (exact) mass is 386 g/mol. The summed E-state index contributed by atoms with van der Waals surface area (Å²) in [5.41, 5.74) is 0. The van der Waals surface area contributed by atoms with E-state index in [9.17, 15) is 9.59 Å². The molecule has 0 rings (SSSR count). The molecule has 1 unspecified atom stereocenters. The molecule has 0 aromatic rings. The zero-order valence-electron chi connectivity index (χ0n) is 17.9. The maximum atomic E-state index is 11.8. The number of esters is 2. The van der Waals surface area contributed by atoms with Crippen molar-refractivity contribution in [2.24, 2.45) is 0 Å². The first-order chi connectivity index (χ1) is 13.1. The van der Waals surface area contributed by atoms with Crippen molar-refractivity contribution in [2.75, 3.05) is 19.8 Å². The average molecular weight is 387 g/mol. The minimum atomic E-state index is -0.415. The molecule has 27 heavy (non-hydrogen) atoms. The smallest absolute Gasteiger partial charge is 0.332 e. The van der Waals surface area contributed by atoms with Crippen molar-refractivity contribution >= 4 is 11.9 Å². The van der Waals surface area contributed by atoms with Crippen LogP contribution in [0.2, 0.25) is 0 Å². The van der Waals surface area contributed by atoms with Crippen molar-refractivity contribution in [3.05, 3.63) is 0 Å². The summed E-state index contributed by atoms with van der Waals surface area (Å²) in [4.78, 5) is 23.4. The van der Waals surface area contributed by atoms with E-state index in [0.717, 1.165) is 44.9 Å². The van der Waals surface area contributed by atoms with Crippen molar-refractivity contribution in [2.45, 2.75) is 110 Å². The Hall–Kier alpha value is -1.10. The predicted molar refractivity (Wildman–Crippen MR) is 109 cm³/mol. The standard InChI is InChI=1S/C22H42O5/c1-4-7-9-10-11-12-13-14-17-26-21(23)18-25-19-22(24)27-20(15-6-3)16-8-5-2/h20H,4-19H2,1-3H3. The molecule has 0 heterocycles. The minimum absolute atomic E-state index is 0.0417. The predicted octanol–water partition coefficient (Wildman–Crippen LogP) is 5.59. The van der Waals surface area contributed by atoms with E-state index in [1.807, 2.05) is 0 Å². The summed E-state index contributed by atoms with van der Waals surface area (Å²) in [6.45, 7) is 6.45. The molecule has 0 saturated carbocycles. The third-order valence-corrected chi connectivity index (χ3v) is 4.49. The third-order valence-electron chi connectivity index (χ3n) is 4.49. The zero-order chi connectivity index (χ0) is 20.2. The Labute approximate surface area is 166 Å². The highest BCUT2D eigenvalue weighted by molar-refractivity contribution is 5.73. The van der Waals surface area contributed by atoms with Gasteiger partial charge in [0.2, 0.25) is 0 Å².